The molecule has 8 nitrogen and oxygen atoms in total. The first kappa shape index (κ1) is 19.1. The van der Waals surface area contributed by atoms with Crippen LogP contribution in [0.4, 0.5) is 11.4 Å². The molecule has 144 valence electrons. The molecular formula is C20H20N4O4. The Kier molecular flexibility index (Phi) is 5.39. The van der Waals surface area contributed by atoms with Gasteiger partial charge in [0.05, 0.1) is 5.39 Å². The Morgan fingerprint density at radius 3 is 2.36 bits per heavy atom. The highest BCUT2D eigenvalue weighted by Crippen LogP contribution is 2.17. The van der Waals surface area contributed by atoms with Gasteiger partial charge in [-0.25, -0.2) is 9.89 Å². The van der Waals surface area contributed by atoms with Gasteiger partial charge in [0.25, 0.3) is 11.5 Å². The van der Waals surface area contributed by atoms with E-state index >= 15 is 0 Å². The van der Waals surface area contributed by atoms with E-state index in [1.807, 2.05) is 31.1 Å². The molecule has 28 heavy (non-hydrogen) atoms. The van der Waals surface area contributed by atoms with Crippen LogP contribution in [0.25, 0.3) is 10.8 Å². The molecule has 8 heteroatoms. The second-order valence-electron chi connectivity index (χ2n) is 6.43. The van der Waals surface area contributed by atoms with Crippen molar-refractivity contribution in [3.63, 3.8) is 0 Å². The molecule has 0 saturated carbocycles. The quantitative estimate of drug-likeness (QED) is 0.658. The molecule has 0 fully saturated rings. The number of nitrogens with one attached hydrogen (secondary N) is 2. The predicted octanol–water partition coefficient (Wildman–Crippen LogP) is 2.17. The fourth-order valence-corrected chi connectivity index (χ4v) is 2.63. The molecule has 0 aliphatic heterocycles. The largest absolute Gasteiger partial charge is 0.448 e. The van der Waals surface area contributed by atoms with E-state index < -0.39 is 23.5 Å². The normalized spacial score (nSPS) is 11.7. The van der Waals surface area contributed by atoms with Gasteiger partial charge in [-0.1, -0.05) is 18.2 Å². The lowest BCUT2D eigenvalue weighted by Crippen LogP contribution is -2.30. The maximum atomic E-state index is 12.5. The number of carbonyl (C=O) groups excluding carboxylic acids is 2. The molecule has 3 aromatic rings. The lowest BCUT2D eigenvalue weighted by molar-refractivity contribution is -0.123. The number of amides is 1. The molecule has 1 heterocycles. The van der Waals surface area contributed by atoms with E-state index in [4.69, 9.17) is 4.74 Å². The lowest BCUT2D eigenvalue weighted by Gasteiger charge is -2.15. The van der Waals surface area contributed by atoms with Crippen LogP contribution in [-0.2, 0) is 9.53 Å². The average molecular weight is 380 g/mol. The Balaban J connectivity index is 1.71. The van der Waals surface area contributed by atoms with Gasteiger partial charge in [0.15, 0.2) is 11.8 Å². The van der Waals surface area contributed by atoms with Gasteiger partial charge in [0, 0.05) is 30.9 Å². The van der Waals surface area contributed by atoms with Crippen LogP contribution in [0.5, 0.6) is 0 Å². The Hall–Kier alpha value is -3.68. The molecule has 0 aliphatic carbocycles. The molecule has 1 atom stereocenters. The molecule has 2 N–H and O–H groups in total. The van der Waals surface area contributed by atoms with Crippen molar-refractivity contribution in [3.8, 4) is 0 Å². The van der Waals surface area contributed by atoms with Gasteiger partial charge < -0.3 is 15.0 Å². The molecule has 2 aromatic carbocycles. The minimum absolute atomic E-state index is 0.0508. The van der Waals surface area contributed by atoms with Gasteiger partial charge in [0.2, 0.25) is 0 Å². The number of esters is 1. The van der Waals surface area contributed by atoms with Gasteiger partial charge in [-0.05, 0) is 37.3 Å². The number of carbonyl (C=O) groups is 2. The summed E-state index contributed by atoms with van der Waals surface area (Å²) in [5.41, 5.74) is 1.13. The Morgan fingerprint density at radius 2 is 1.71 bits per heavy atom. The van der Waals surface area contributed by atoms with Crippen molar-refractivity contribution in [2.45, 2.75) is 13.0 Å². The molecule has 0 bridgehead atoms. The number of fused-ring (bicyclic) bond motifs is 1. The third-order valence-corrected chi connectivity index (χ3v) is 4.19. The van der Waals surface area contributed by atoms with Crippen LogP contribution < -0.4 is 15.8 Å². The van der Waals surface area contributed by atoms with Crippen molar-refractivity contribution in [2.75, 3.05) is 24.3 Å². The summed E-state index contributed by atoms with van der Waals surface area (Å²) in [5, 5.41) is 9.43. The first-order chi connectivity index (χ1) is 13.4. The van der Waals surface area contributed by atoms with Crippen LogP contribution in [0, 0.1) is 0 Å². The molecule has 0 spiro atoms. The third-order valence-electron chi connectivity index (χ3n) is 4.19. The number of benzene rings is 2. The van der Waals surface area contributed by atoms with Gasteiger partial charge in [0.1, 0.15) is 0 Å². The number of ether oxygens (including phenoxy) is 1. The third kappa shape index (κ3) is 4.01. The summed E-state index contributed by atoms with van der Waals surface area (Å²) in [6, 6.07) is 13.8. The van der Waals surface area contributed by atoms with Gasteiger partial charge in [-0.3, -0.25) is 9.59 Å². The zero-order valence-electron chi connectivity index (χ0n) is 15.7. The van der Waals surface area contributed by atoms with Crippen LogP contribution in [0.15, 0.2) is 53.3 Å². The summed E-state index contributed by atoms with van der Waals surface area (Å²) >= 11 is 0. The van der Waals surface area contributed by atoms with Gasteiger partial charge in [-0.15, -0.1) is 0 Å². The number of rotatable bonds is 5. The van der Waals surface area contributed by atoms with Gasteiger partial charge in [-0.2, -0.15) is 5.10 Å². The summed E-state index contributed by atoms with van der Waals surface area (Å²) in [7, 11) is 3.84. The van der Waals surface area contributed by atoms with Crippen LogP contribution in [0.1, 0.15) is 17.4 Å². The van der Waals surface area contributed by atoms with Gasteiger partial charge >= 0.3 is 5.97 Å². The van der Waals surface area contributed by atoms with Crippen LogP contribution >= 0.6 is 0 Å². The predicted molar refractivity (Wildman–Crippen MR) is 107 cm³/mol. The van der Waals surface area contributed by atoms with Crippen molar-refractivity contribution in [2.24, 2.45) is 0 Å². The molecule has 0 radical (unpaired) electrons. The Bertz CT molecular complexity index is 1070. The molecule has 0 saturated heterocycles. The number of hydrogen-bond acceptors (Lipinski definition) is 6. The van der Waals surface area contributed by atoms with Crippen LogP contribution in [0.2, 0.25) is 0 Å². The molecular weight excluding hydrogens is 360 g/mol. The molecule has 1 amide bonds. The average Bonchev–Trinajstić information content (AvgIpc) is 2.68. The summed E-state index contributed by atoms with van der Waals surface area (Å²) < 4.78 is 5.24. The lowest BCUT2D eigenvalue weighted by atomic mass is 10.1. The maximum Gasteiger partial charge on any atom is 0.360 e. The zero-order chi connectivity index (χ0) is 20.3. The number of aromatic nitrogens is 2. The fourth-order valence-electron chi connectivity index (χ4n) is 2.63. The minimum Gasteiger partial charge on any atom is -0.448 e. The Morgan fingerprint density at radius 1 is 1.07 bits per heavy atom. The summed E-state index contributed by atoms with van der Waals surface area (Å²) in [6.07, 6.45) is -1.05. The topological polar surface area (TPSA) is 104 Å². The van der Waals surface area contributed by atoms with Crippen molar-refractivity contribution in [3.05, 3.63) is 64.6 Å². The first-order valence-corrected chi connectivity index (χ1v) is 8.63. The van der Waals surface area contributed by atoms with Crippen molar-refractivity contribution >= 4 is 34.0 Å². The zero-order valence-corrected chi connectivity index (χ0v) is 15.7. The smallest absolute Gasteiger partial charge is 0.360 e. The summed E-state index contributed by atoms with van der Waals surface area (Å²) in [4.78, 5) is 38.6. The summed E-state index contributed by atoms with van der Waals surface area (Å²) in [6.45, 7) is 1.47. The van der Waals surface area contributed by atoms with Crippen molar-refractivity contribution in [1.29, 1.82) is 0 Å². The fraction of sp³-hybridized carbons (Fsp3) is 0.200. The monoisotopic (exact) mass is 380 g/mol. The van der Waals surface area contributed by atoms with Crippen LogP contribution in [-0.4, -0.2) is 42.3 Å². The minimum atomic E-state index is -1.05. The number of anilines is 2. The molecule has 0 unspecified atom stereocenters. The van der Waals surface area contributed by atoms with Crippen molar-refractivity contribution in [1.82, 2.24) is 10.2 Å². The maximum absolute atomic E-state index is 12.5. The second-order valence-corrected chi connectivity index (χ2v) is 6.43. The van der Waals surface area contributed by atoms with E-state index in [0.29, 0.717) is 16.5 Å². The van der Waals surface area contributed by atoms with E-state index in [2.05, 4.69) is 15.5 Å². The highest BCUT2D eigenvalue weighted by Gasteiger charge is 2.22. The van der Waals surface area contributed by atoms with E-state index in [-0.39, 0.29) is 5.69 Å². The highest BCUT2D eigenvalue weighted by atomic mass is 16.5. The van der Waals surface area contributed by atoms with E-state index in [0.717, 1.165) is 5.69 Å². The number of nitrogens with zero attached hydrogens (tertiary/aromatic N) is 2. The number of aromatic amines is 1. The van der Waals surface area contributed by atoms with E-state index in [9.17, 15) is 14.4 Å². The summed E-state index contributed by atoms with van der Waals surface area (Å²) in [5.74, 6) is -1.27. The molecule has 3 rings (SSSR count). The molecule has 1 aromatic heterocycles. The first-order valence-electron chi connectivity index (χ1n) is 8.63. The standard InChI is InChI=1S/C20H20N4O4/c1-12(18(25)21-13-8-10-14(11-9-13)24(2)3)28-20(27)17-15-6-4-5-7-16(15)19(26)23-22-17/h4-12H,1-3H3,(H,21,25)(H,23,26)/t12-/m1/s1. The van der Waals surface area contributed by atoms with E-state index in [1.165, 1.54) is 6.92 Å². The molecule has 0 aliphatic rings. The number of H-pyrrole nitrogens is 1. The van der Waals surface area contributed by atoms with Crippen molar-refractivity contribution < 1.29 is 14.3 Å². The Labute approximate surface area is 161 Å². The highest BCUT2D eigenvalue weighted by molar-refractivity contribution is 6.03. The second kappa shape index (κ2) is 7.91. The SMILES string of the molecule is C[C@@H](OC(=O)c1n[nH]c(=O)c2ccccc12)C(=O)Nc1ccc(N(C)C)cc1. The van der Waals surface area contributed by atoms with Crippen LogP contribution in [0.3, 0.4) is 0 Å². The van der Waals surface area contributed by atoms with E-state index in [1.54, 1.807) is 36.4 Å². The number of hydrogen-bond donors (Lipinski definition) is 2.